The van der Waals surface area contributed by atoms with E-state index in [1.165, 1.54) is 32.1 Å². The first-order valence-electron chi connectivity index (χ1n) is 5.38. The van der Waals surface area contributed by atoms with E-state index in [2.05, 4.69) is 17.6 Å². The Morgan fingerprint density at radius 3 is 2.31 bits per heavy atom. The molecule has 0 bridgehead atoms. The Balaban J connectivity index is 2.14. The molecule has 1 aliphatic carbocycles. The van der Waals surface area contributed by atoms with Gasteiger partial charge in [0.25, 0.3) is 0 Å². The minimum Gasteiger partial charge on any atom is -0.379 e. The smallest absolute Gasteiger partial charge is 0.103 e. The molecular weight excluding hydrogens is 164 g/mol. The van der Waals surface area contributed by atoms with Crippen molar-refractivity contribution in [2.75, 3.05) is 0 Å². The third-order valence-electron chi connectivity index (χ3n) is 2.58. The molecule has 1 aliphatic rings. The SMILES string of the molecule is CC(O)NC(C)NC1CCCCC1. The van der Waals surface area contributed by atoms with Crippen LogP contribution in [0.5, 0.6) is 0 Å². The molecule has 0 heterocycles. The van der Waals surface area contributed by atoms with Gasteiger partial charge in [-0.25, -0.2) is 0 Å². The van der Waals surface area contributed by atoms with Gasteiger partial charge in [0.2, 0.25) is 0 Å². The average Bonchev–Trinajstić information content (AvgIpc) is 2.04. The Hall–Kier alpha value is -0.120. The molecule has 1 fully saturated rings. The van der Waals surface area contributed by atoms with Crippen molar-refractivity contribution in [3.8, 4) is 0 Å². The summed E-state index contributed by atoms with van der Waals surface area (Å²) in [6, 6.07) is 0.648. The van der Waals surface area contributed by atoms with E-state index in [4.69, 9.17) is 5.11 Å². The van der Waals surface area contributed by atoms with Gasteiger partial charge in [-0.05, 0) is 26.7 Å². The van der Waals surface area contributed by atoms with Crippen LogP contribution in [-0.4, -0.2) is 23.5 Å². The number of hydrogen-bond donors (Lipinski definition) is 3. The Morgan fingerprint density at radius 1 is 1.15 bits per heavy atom. The summed E-state index contributed by atoms with van der Waals surface area (Å²) >= 11 is 0. The minimum atomic E-state index is -0.425. The number of nitrogens with one attached hydrogen (secondary N) is 2. The van der Waals surface area contributed by atoms with Gasteiger partial charge in [0.15, 0.2) is 0 Å². The van der Waals surface area contributed by atoms with E-state index in [0.29, 0.717) is 6.04 Å². The molecule has 0 amide bonds. The molecule has 0 spiro atoms. The predicted octanol–water partition coefficient (Wildman–Crippen LogP) is 1.18. The summed E-state index contributed by atoms with van der Waals surface area (Å²) < 4.78 is 0. The fraction of sp³-hybridized carbons (Fsp3) is 1.00. The summed E-state index contributed by atoms with van der Waals surface area (Å²) in [5.74, 6) is 0. The maximum absolute atomic E-state index is 9.10. The highest BCUT2D eigenvalue weighted by Gasteiger charge is 2.15. The zero-order valence-corrected chi connectivity index (χ0v) is 8.71. The summed E-state index contributed by atoms with van der Waals surface area (Å²) in [7, 11) is 0. The molecule has 0 aromatic carbocycles. The highest BCUT2D eigenvalue weighted by molar-refractivity contribution is 4.74. The van der Waals surface area contributed by atoms with Crippen molar-refractivity contribution in [3.63, 3.8) is 0 Å². The highest BCUT2D eigenvalue weighted by Crippen LogP contribution is 2.17. The molecule has 3 heteroatoms. The van der Waals surface area contributed by atoms with Crippen LogP contribution in [0.25, 0.3) is 0 Å². The minimum absolute atomic E-state index is 0.211. The summed E-state index contributed by atoms with van der Waals surface area (Å²) in [5, 5.41) is 15.6. The zero-order valence-electron chi connectivity index (χ0n) is 8.71. The van der Waals surface area contributed by atoms with Gasteiger partial charge >= 0.3 is 0 Å². The van der Waals surface area contributed by atoms with Crippen LogP contribution < -0.4 is 10.6 Å². The second-order valence-corrected chi connectivity index (χ2v) is 4.07. The topological polar surface area (TPSA) is 44.3 Å². The monoisotopic (exact) mass is 186 g/mol. The van der Waals surface area contributed by atoms with E-state index in [1.54, 1.807) is 6.92 Å². The fourth-order valence-corrected chi connectivity index (χ4v) is 2.03. The molecular formula is C10H22N2O. The molecule has 13 heavy (non-hydrogen) atoms. The first-order valence-corrected chi connectivity index (χ1v) is 5.38. The molecule has 0 aliphatic heterocycles. The van der Waals surface area contributed by atoms with Crippen molar-refractivity contribution in [2.24, 2.45) is 0 Å². The van der Waals surface area contributed by atoms with Crippen molar-refractivity contribution in [1.29, 1.82) is 0 Å². The summed E-state index contributed by atoms with van der Waals surface area (Å²) in [6.07, 6.45) is 6.43. The standard InChI is InChI=1S/C10H22N2O/c1-8(11-9(2)13)12-10-6-4-3-5-7-10/h8-13H,3-7H2,1-2H3. The fourth-order valence-electron chi connectivity index (χ4n) is 2.03. The van der Waals surface area contributed by atoms with Crippen LogP contribution in [0.2, 0.25) is 0 Å². The van der Waals surface area contributed by atoms with E-state index in [-0.39, 0.29) is 6.17 Å². The van der Waals surface area contributed by atoms with Crippen LogP contribution in [0.15, 0.2) is 0 Å². The van der Waals surface area contributed by atoms with Crippen molar-refractivity contribution < 1.29 is 5.11 Å². The van der Waals surface area contributed by atoms with Crippen LogP contribution in [-0.2, 0) is 0 Å². The maximum Gasteiger partial charge on any atom is 0.103 e. The van der Waals surface area contributed by atoms with Gasteiger partial charge in [-0.2, -0.15) is 0 Å². The van der Waals surface area contributed by atoms with E-state index >= 15 is 0 Å². The van der Waals surface area contributed by atoms with E-state index in [1.807, 2.05) is 0 Å². The van der Waals surface area contributed by atoms with Crippen LogP contribution in [0, 0.1) is 0 Å². The second kappa shape index (κ2) is 5.58. The molecule has 3 nitrogen and oxygen atoms in total. The lowest BCUT2D eigenvalue weighted by atomic mass is 9.95. The predicted molar refractivity (Wildman–Crippen MR) is 54.3 cm³/mol. The van der Waals surface area contributed by atoms with Crippen LogP contribution in [0.1, 0.15) is 46.0 Å². The summed E-state index contributed by atoms with van der Waals surface area (Å²) in [5.41, 5.74) is 0. The molecule has 2 atom stereocenters. The average molecular weight is 186 g/mol. The van der Waals surface area contributed by atoms with Crippen molar-refractivity contribution >= 4 is 0 Å². The summed E-state index contributed by atoms with van der Waals surface area (Å²) in [6.45, 7) is 3.81. The van der Waals surface area contributed by atoms with Gasteiger partial charge in [0.05, 0.1) is 6.17 Å². The lowest BCUT2D eigenvalue weighted by molar-refractivity contribution is 0.130. The number of rotatable bonds is 4. The third-order valence-corrected chi connectivity index (χ3v) is 2.58. The lowest BCUT2D eigenvalue weighted by Gasteiger charge is -2.27. The van der Waals surface area contributed by atoms with Crippen LogP contribution >= 0.6 is 0 Å². The molecule has 0 aromatic rings. The van der Waals surface area contributed by atoms with Crippen LogP contribution in [0.4, 0.5) is 0 Å². The quantitative estimate of drug-likeness (QED) is 0.578. The number of aliphatic hydroxyl groups is 1. The molecule has 0 radical (unpaired) electrons. The third kappa shape index (κ3) is 4.60. The van der Waals surface area contributed by atoms with Crippen LogP contribution in [0.3, 0.4) is 0 Å². The Bertz CT molecular complexity index is 133. The van der Waals surface area contributed by atoms with Crippen molar-refractivity contribution in [2.45, 2.75) is 64.4 Å². The van der Waals surface area contributed by atoms with Crippen molar-refractivity contribution in [3.05, 3.63) is 0 Å². The molecule has 1 saturated carbocycles. The largest absolute Gasteiger partial charge is 0.379 e. The molecule has 0 saturated heterocycles. The van der Waals surface area contributed by atoms with Gasteiger partial charge < -0.3 is 5.11 Å². The van der Waals surface area contributed by atoms with E-state index < -0.39 is 6.23 Å². The normalized spacial score (nSPS) is 24.2. The highest BCUT2D eigenvalue weighted by atomic mass is 16.3. The van der Waals surface area contributed by atoms with Gasteiger partial charge in [-0.1, -0.05) is 19.3 Å². The van der Waals surface area contributed by atoms with Gasteiger partial charge in [0, 0.05) is 6.04 Å². The number of hydrogen-bond acceptors (Lipinski definition) is 3. The molecule has 1 rings (SSSR count). The molecule has 78 valence electrons. The zero-order chi connectivity index (χ0) is 9.68. The molecule has 2 unspecified atom stereocenters. The first kappa shape index (κ1) is 11.0. The molecule has 3 N–H and O–H groups in total. The molecule has 0 aromatic heterocycles. The maximum atomic E-state index is 9.10. The lowest BCUT2D eigenvalue weighted by Crippen LogP contribution is -2.48. The van der Waals surface area contributed by atoms with Gasteiger partial charge in [-0.15, -0.1) is 0 Å². The Morgan fingerprint density at radius 2 is 1.77 bits per heavy atom. The van der Waals surface area contributed by atoms with E-state index in [0.717, 1.165) is 0 Å². The van der Waals surface area contributed by atoms with Gasteiger partial charge in [0.1, 0.15) is 6.23 Å². The van der Waals surface area contributed by atoms with E-state index in [9.17, 15) is 0 Å². The first-order chi connectivity index (χ1) is 6.18. The Labute approximate surface area is 80.9 Å². The Kier molecular flexibility index (Phi) is 4.70. The number of aliphatic hydroxyl groups excluding tert-OH is 1. The van der Waals surface area contributed by atoms with Gasteiger partial charge in [-0.3, -0.25) is 10.6 Å². The second-order valence-electron chi connectivity index (χ2n) is 4.07. The van der Waals surface area contributed by atoms with Crippen molar-refractivity contribution in [1.82, 2.24) is 10.6 Å². The summed E-state index contributed by atoms with van der Waals surface area (Å²) in [4.78, 5) is 0.